The summed E-state index contributed by atoms with van der Waals surface area (Å²) in [5.41, 5.74) is 0.879. The molecule has 0 heterocycles. The van der Waals surface area contributed by atoms with Crippen LogP contribution in [0.25, 0.3) is 6.08 Å². The van der Waals surface area contributed by atoms with Gasteiger partial charge in [0.15, 0.2) is 0 Å². The first kappa shape index (κ1) is 25.9. The second-order valence-corrected chi connectivity index (χ2v) is 7.64. The van der Waals surface area contributed by atoms with Gasteiger partial charge in [0.05, 0.1) is 35.3 Å². The molecule has 0 spiro atoms. The normalized spacial score (nSPS) is 10.8. The first-order valence-corrected chi connectivity index (χ1v) is 10.7. The summed E-state index contributed by atoms with van der Waals surface area (Å²) < 4.78 is 9.73. The third kappa shape index (κ3) is 6.45. The number of halogens is 1. The number of benzene rings is 3. The van der Waals surface area contributed by atoms with Gasteiger partial charge in [0, 0.05) is 17.8 Å². The summed E-state index contributed by atoms with van der Waals surface area (Å²) in [7, 11) is 2.71. The van der Waals surface area contributed by atoms with Crippen LogP contribution < -0.4 is 15.4 Å². The number of methoxy groups -OCH3 is 2. The molecule has 0 atom stereocenters. The maximum Gasteiger partial charge on any atom is 0.337 e. The zero-order chi connectivity index (χ0) is 26.2. The number of carbonyl (C=O) groups excluding carboxylic acids is 3. The van der Waals surface area contributed by atoms with E-state index in [1.165, 1.54) is 81.0 Å². The molecule has 3 aromatic rings. The van der Waals surface area contributed by atoms with Crippen LogP contribution in [0.3, 0.4) is 0 Å². The highest BCUT2D eigenvalue weighted by atomic mass is 35.5. The number of rotatable bonds is 8. The van der Waals surface area contributed by atoms with Crippen LogP contribution in [0.5, 0.6) is 5.75 Å². The molecule has 0 bridgehead atoms. The van der Waals surface area contributed by atoms with Crippen molar-refractivity contribution >= 4 is 46.8 Å². The Kier molecular flexibility index (Phi) is 8.37. The van der Waals surface area contributed by atoms with Gasteiger partial charge in [-0.1, -0.05) is 11.6 Å². The fourth-order valence-corrected chi connectivity index (χ4v) is 3.28. The van der Waals surface area contributed by atoms with Gasteiger partial charge in [-0.15, -0.1) is 0 Å². The zero-order valence-electron chi connectivity index (χ0n) is 19.1. The van der Waals surface area contributed by atoms with Crippen LogP contribution in [0.2, 0.25) is 5.02 Å². The van der Waals surface area contributed by atoms with Gasteiger partial charge in [-0.2, -0.15) is 0 Å². The summed E-state index contributed by atoms with van der Waals surface area (Å²) >= 11 is 6.19. The fraction of sp³-hybridized carbons (Fsp3) is 0.0800. The lowest BCUT2D eigenvalue weighted by Crippen LogP contribution is -2.31. The molecule has 0 aliphatic heterocycles. The molecule has 10 nitrogen and oxygen atoms in total. The summed E-state index contributed by atoms with van der Waals surface area (Å²) in [6.07, 6.45) is 1.36. The van der Waals surface area contributed by atoms with E-state index in [0.29, 0.717) is 22.6 Å². The van der Waals surface area contributed by atoms with Crippen LogP contribution >= 0.6 is 11.6 Å². The maximum absolute atomic E-state index is 13.1. The number of nitrogens with zero attached hydrogens (tertiary/aromatic N) is 1. The lowest BCUT2D eigenvalue weighted by atomic mass is 10.1. The molecule has 36 heavy (non-hydrogen) atoms. The second-order valence-electron chi connectivity index (χ2n) is 7.23. The number of hydrogen-bond acceptors (Lipinski definition) is 7. The minimum absolute atomic E-state index is 0.0993. The number of esters is 1. The minimum Gasteiger partial charge on any atom is -0.497 e. The molecule has 11 heteroatoms. The molecule has 0 radical (unpaired) electrons. The van der Waals surface area contributed by atoms with E-state index in [-0.39, 0.29) is 22.0 Å². The lowest BCUT2D eigenvalue weighted by molar-refractivity contribution is -0.384. The number of nitro groups is 1. The Labute approximate surface area is 210 Å². The summed E-state index contributed by atoms with van der Waals surface area (Å²) in [5, 5.41) is 16.2. The molecule has 0 aliphatic carbocycles. The van der Waals surface area contributed by atoms with Crippen molar-refractivity contribution in [1.82, 2.24) is 5.32 Å². The maximum atomic E-state index is 13.1. The standard InChI is InChI=1S/C25H20ClN3O7/c1-35-19-11-12-20(21(26)14-19)23(30)28-22(13-15-3-9-18(10-4-15)29(33)34)24(31)27-17-7-5-16(6-8-17)25(32)36-2/h3-14H,1-2H3,(H,27,31)(H,28,30)/b22-13+. The Bertz CT molecular complexity index is 1340. The first-order valence-electron chi connectivity index (χ1n) is 10.3. The molecule has 0 saturated carbocycles. The molecular formula is C25H20ClN3O7. The molecule has 0 aliphatic rings. The van der Waals surface area contributed by atoms with Crippen molar-refractivity contribution < 1.29 is 28.8 Å². The van der Waals surface area contributed by atoms with Crippen LogP contribution in [0.15, 0.2) is 72.4 Å². The lowest BCUT2D eigenvalue weighted by Gasteiger charge is -2.13. The van der Waals surface area contributed by atoms with Crippen molar-refractivity contribution in [2.45, 2.75) is 0 Å². The number of non-ortho nitro benzene ring substituents is 1. The van der Waals surface area contributed by atoms with Gasteiger partial charge in [0.2, 0.25) is 0 Å². The SMILES string of the molecule is COC(=O)c1ccc(NC(=O)/C(=C\c2ccc([N+](=O)[O-])cc2)NC(=O)c2ccc(OC)cc2Cl)cc1. The molecular weight excluding hydrogens is 490 g/mol. The predicted octanol–water partition coefficient (Wildman–Crippen LogP) is 4.45. The summed E-state index contributed by atoms with van der Waals surface area (Å²) in [4.78, 5) is 48.0. The monoisotopic (exact) mass is 509 g/mol. The van der Waals surface area contributed by atoms with Gasteiger partial charge >= 0.3 is 5.97 Å². The number of carbonyl (C=O) groups is 3. The van der Waals surface area contributed by atoms with Crippen LogP contribution in [-0.2, 0) is 9.53 Å². The smallest absolute Gasteiger partial charge is 0.337 e. The van der Waals surface area contributed by atoms with Crippen molar-refractivity contribution in [1.29, 1.82) is 0 Å². The van der Waals surface area contributed by atoms with Crippen molar-refractivity contribution in [3.63, 3.8) is 0 Å². The Hall–Kier alpha value is -4.70. The molecule has 184 valence electrons. The van der Waals surface area contributed by atoms with E-state index < -0.39 is 22.7 Å². The van der Waals surface area contributed by atoms with Crippen LogP contribution in [0, 0.1) is 10.1 Å². The van der Waals surface area contributed by atoms with Gasteiger partial charge in [0.25, 0.3) is 17.5 Å². The van der Waals surface area contributed by atoms with E-state index >= 15 is 0 Å². The number of nitrogens with one attached hydrogen (secondary N) is 2. The number of hydrogen-bond donors (Lipinski definition) is 2. The van der Waals surface area contributed by atoms with Crippen LogP contribution in [0.4, 0.5) is 11.4 Å². The van der Waals surface area contributed by atoms with Crippen molar-refractivity contribution in [3.05, 3.63) is 104 Å². The van der Waals surface area contributed by atoms with E-state index in [9.17, 15) is 24.5 Å². The number of nitro benzene ring substituents is 1. The van der Waals surface area contributed by atoms with E-state index in [4.69, 9.17) is 16.3 Å². The zero-order valence-corrected chi connectivity index (χ0v) is 19.9. The summed E-state index contributed by atoms with van der Waals surface area (Å²) in [6, 6.07) is 15.8. The van der Waals surface area contributed by atoms with Crippen molar-refractivity contribution in [2.24, 2.45) is 0 Å². The summed E-state index contributed by atoms with van der Waals surface area (Å²) in [6.45, 7) is 0. The molecule has 0 unspecified atom stereocenters. The topological polar surface area (TPSA) is 137 Å². The van der Waals surface area contributed by atoms with Gasteiger partial charge < -0.3 is 20.1 Å². The molecule has 2 amide bonds. The Morgan fingerprint density at radius 3 is 2.19 bits per heavy atom. The molecule has 0 aromatic heterocycles. The van der Waals surface area contributed by atoms with E-state index in [1.807, 2.05) is 0 Å². The van der Waals surface area contributed by atoms with Gasteiger partial charge in [-0.05, 0) is 66.2 Å². The predicted molar refractivity (Wildman–Crippen MR) is 133 cm³/mol. The highest BCUT2D eigenvalue weighted by Gasteiger charge is 2.18. The molecule has 0 saturated heterocycles. The highest BCUT2D eigenvalue weighted by molar-refractivity contribution is 6.34. The van der Waals surface area contributed by atoms with Crippen molar-refractivity contribution in [2.75, 3.05) is 19.5 Å². The molecule has 3 rings (SSSR count). The number of anilines is 1. The second kappa shape index (κ2) is 11.6. The van der Waals surface area contributed by atoms with Gasteiger partial charge in [0.1, 0.15) is 11.4 Å². The van der Waals surface area contributed by atoms with E-state index in [2.05, 4.69) is 15.4 Å². The Morgan fingerprint density at radius 2 is 1.64 bits per heavy atom. The molecule has 2 N–H and O–H groups in total. The quantitative estimate of drug-likeness (QED) is 0.198. The fourth-order valence-electron chi connectivity index (χ4n) is 3.02. The van der Waals surface area contributed by atoms with Crippen molar-refractivity contribution in [3.8, 4) is 5.75 Å². The molecule has 0 fully saturated rings. The average molecular weight is 510 g/mol. The first-order chi connectivity index (χ1) is 17.2. The average Bonchev–Trinajstić information content (AvgIpc) is 2.88. The largest absolute Gasteiger partial charge is 0.497 e. The van der Waals surface area contributed by atoms with Crippen LogP contribution in [0.1, 0.15) is 26.3 Å². The van der Waals surface area contributed by atoms with Gasteiger partial charge in [-0.3, -0.25) is 19.7 Å². The number of amides is 2. The molecule has 3 aromatic carbocycles. The Balaban J connectivity index is 1.90. The minimum atomic E-state index is -0.683. The van der Waals surface area contributed by atoms with Crippen LogP contribution in [-0.4, -0.2) is 36.9 Å². The highest BCUT2D eigenvalue weighted by Crippen LogP contribution is 2.23. The third-order valence-electron chi connectivity index (χ3n) is 4.89. The summed E-state index contributed by atoms with van der Waals surface area (Å²) in [5.74, 6) is -1.43. The third-order valence-corrected chi connectivity index (χ3v) is 5.21. The van der Waals surface area contributed by atoms with Gasteiger partial charge in [-0.25, -0.2) is 4.79 Å². The number of ether oxygens (including phenoxy) is 2. The van der Waals surface area contributed by atoms with E-state index in [1.54, 1.807) is 6.07 Å². The van der Waals surface area contributed by atoms with E-state index in [0.717, 1.165) is 0 Å². The Morgan fingerprint density at radius 1 is 0.972 bits per heavy atom.